The average Bonchev–Trinajstić information content (AvgIpc) is 3.89. The number of piperazine rings is 1. The third-order valence-electron chi connectivity index (χ3n) is 10.2. The number of nitrogens with zero attached hydrogens (tertiary/aromatic N) is 8. The number of amides is 3. The summed E-state index contributed by atoms with van der Waals surface area (Å²) >= 11 is 0. The molecule has 2 fully saturated rings. The third-order valence-corrected chi connectivity index (χ3v) is 10.2. The Balaban J connectivity index is 0.850. The molecule has 6 aromatic rings. The topological polar surface area (TPSA) is 173 Å². The highest BCUT2D eigenvalue weighted by Crippen LogP contribution is 2.29. The maximum atomic E-state index is 15.3. The number of carbonyl (C=O) groups excluding carboxylic acids is 3. The van der Waals surface area contributed by atoms with Crippen molar-refractivity contribution in [2.24, 2.45) is 0 Å². The van der Waals surface area contributed by atoms with Crippen LogP contribution in [0.2, 0.25) is 0 Å². The Kier molecular flexibility index (Phi) is 10.8. The number of nitrogens with one attached hydrogen (secondary N) is 2. The Hall–Kier alpha value is -6.39. The van der Waals surface area contributed by atoms with Crippen molar-refractivity contribution in [1.29, 1.82) is 0 Å². The highest BCUT2D eigenvalue weighted by molar-refractivity contribution is 6.00. The molecule has 2 aliphatic rings. The summed E-state index contributed by atoms with van der Waals surface area (Å²) in [4.78, 5) is 54.4. The number of imide groups is 1. The zero-order valence-electron chi connectivity index (χ0n) is 32.4. The molecule has 0 bridgehead atoms. The molecule has 2 N–H and O–H groups in total. The van der Waals surface area contributed by atoms with Crippen molar-refractivity contribution in [3.63, 3.8) is 0 Å². The standard InChI is InChI=1S/C42H43FN10O5/c1-42(2,3)41-49-38(50-58-41)40(56)45-21-29-9-8-28(18-32(29)43)37-34-19-30(24-53(34)47-25-46-37)33-10-7-27(20-44-33)23-52-15-13-51(14-16-52)22-26-5-4-6-31(17-26)57-35-11-12-36(54)48-39(35)55/h4-10,17-20,24-25,35H,11-16,21-23H2,1-3H3,(H,45,56)(H,48,54,55). The van der Waals surface area contributed by atoms with E-state index in [1.54, 1.807) is 16.6 Å². The van der Waals surface area contributed by atoms with Crippen molar-refractivity contribution < 1.29 is 28.0 Å². The van der Waals surface area contributed by atoms with E-state index >= 15 is 4.39 Å². The van der Waals surface area contributed by atoms with Crippen LogP contribution in [0.1, 0.15) is 66.8 Å². The molecular formula is C42H43FN10O5. The number of benzene rings is 2. The normalized spacial score (nSPS) is 16.7. The Bertz CT molecular complexity index is 2470. The molecule has 2 saturated heterocycles. The van der Waals surface area contributed by atoms with Gasteiger partial charge in [-0.3, -0.25) is 34.5 Å². The van der Waals surface area contributed by atoms with Crippen molar-refractivity contribution in [3.05, 3.63) is 114 Å². The largest absolute Gasteiger partial charge is 0.481 e. The molecule has 1 unspecified atom stereocenters. The van der Waals surface area contributed by atoms with Crippen LogP contribution in [-0.4, -0.2) is 89.5 Å². The zero-order chi connectivity index (χ0) is 40.4. The SMILES string of the molecule is CC(C)(C)c1nc(C(=O)NCc2ccc(-c3ncnn4cc(-c5ccc(CN6CCN(Cc7cccc(OC8CCC(=O)NC8=O)c7)CC6)cn5)cc34)cc2F)no1. The first-order chi connectivity index (χ1) is 27.9. The molecule has 15 nitrogen and oxygen atoms in total. The fraction of sp³-hybridized carbons (Fsp3) is 0.333. The maximum Gasteiger partial charge on any atom is 0.292 e. The summed E-state index contributed by atoms with van der Waals surface area (Å²) in [5.74, 6) is -0.835. The van der Waals surface area contributed by atoms with Gasteiger partial charge in [0.2, 0.25) is 11.8 Å². The van der Waals surface area contributed by atoms with E-state index in [4.69, 9.17) is 14.2 Å². The second kappa shape index (κ2) is 16.2. The number of ether oxygens (including phenoxy) is 1. The van der Waals surface area contributed by atoms with E-state index in [9.17, 15) is 14.4 Å². The van der Waals surface area contributed by atoms with Crippen molar-refractivity contribution >= 4 is 23.2 Å². The van der Waals surface area contributed by atoms with E-state index in [0.29, 0.717) is 40.4 Å². The van der Waals surface area contributed by atoms with Gasteiger partial charge in [-0.05, 0) is 41.5 Å². The fourth-order valence-corrected chi connectivity index (χ4v) is 6.98. The van der Waals surface area contributed by atoms with Crippen LogP contribution in [0.3, 0.4) is 0 Å². The minimum Gasteiger partial charge on any atom is -0.481 e. The lowest BCUT2D eigenvalue weighted by Gasteiger charge is -2.34. The molecule has 0 saturated carbocycles. The summed E-state index contributed by atoms with van der Waals surface area (Å²) in [7, 11) is 0. The monoisotopic (exact) mass is 786 g/mol. The van der Waals surface area contributed by atoms with Crippen molar-refractivity contribution in [3.8, 4) is 28.3 Å². The highest BCUT2D eigenvalue weighted by Gasteiger charge is 2.29. The molecule has 4 aromatic heterocycles. The number of aromatic nitrogens is 6. The van der Waals surface area contributed by atoms with Gasteiger partial charge in [-0.15, -0.1) is 0 Å². The van der Waals surface area contributed by atoms with E-state index in [1.165, 1.54) is 12.4 Å². The van der Waals surface area contributed by atoms with Crippen LogP contribution in [0.25, 0.3) is 28.0 Å². The Morgan fingerprint density at radius 1 is 0.966 bits per heavy atom. The van der Waals surface area contributed by atoms with E-state index in [2.05, 4.69) is 52.8 Å². The summed E-state index contributed by atoms with van der Waals surface area (Å²) in [6, 6.07) is 18.6. The van der Waals surface area contributed by atoms with Crippen molar-refractivity contribution in [2.45, 2.75) is 64.8 Å². The number of fused-ring (bicyclic) bond motifs is 1. The summed E-state index contributed by atoms with van der Waals surface area (Å²) in [6.45, 7) is 10.8. The van der Waals surface area contributed by atoms with Crippen LogP contribution < -0.4 is 15.4 Å². The van der Waals surface area contributed by atoms with E-state index < -0.39 is 23.2 Å². The molecule has 1 atom stereocenters. The predicted molar refractivity (Wildman–Crippen MR) is 210 cm³/mol. The molecule has 0 aliphatic carbocycles. The second-order valence-electron chi connectivity index (χ2n) is 15.6. The van der Waals surface area contributed by atoms with Crippen LogP contribution >= 0.6 is 0 Å². The molecule has 58 heavy (non-hydrogen) atoms. The van der Waals surface area contributed by atoms with Crippen molar-refractivity contribution in [2.75, 3.05) is 26.2 Å². The number of carbonyl (C=O) groups is 3. The van der Waals surface area contributed by atoms with Gasteiger partial charge in [0.25, 0.3) is 17.6 Å². The molecule has 0 radical (unpaired) electrons. The van der Waals surface area contributed by atoms with E-state index in [-0.39, 0.29) is 30.6 Å². The molecular weight excluding hydrogens is 744 g/mol. The van der Waals surface area contributed by atoms with Gasteiger partial charge in [0.1, 0.15) is 17.9 Å². The highest BCUT2D eigenvalue weighted by atomic mass is 19.1. The minimum atomic E-state index is -0.656. The first kappa shape index (κ1) is 38.5. The van der Waals surface area contributed by atoms with Crippen LogP contribution in [0.5, 0.6) is 5.75 Å². The molecule has 3 amide bonds. The fourth-order valence-electron chi connectivity index (χ4n) is 6.98. The minimum absolute atomic E-state index is 0.0567. The first-order valence-corrected chi connectivity index (χ1v) is 19.2. The van der Waals surface area contributed by atoms with Crippen LogP contribution in [0.4, 0.5) is 4.39 Å². The van der Waals surface area contributed by atoms with Gasteiger partial charge < -0.3 is 14.6 Å². The van der Waals surface area contributed by atoms with Gasteiger partial charge in [-0.25, -0.2) is 13.9 Å². The van der Waals surface area contributed by atoms with Gasteiger partial charge in [-0.2, -0.15) is 10.1 Å². The van der Waals surface area contributed by atoms with Gasteiger partial charge in [-0.1, -0.05) is 56.3 Å². The third kappa shape index (κ3) is 8.77. The quantitative estimate of drug-likeness (QED) is 0.174. The molecule has 16 heteroatoms. The molecule has 2 aromatic carbocycles. The summed E-state index contributed by atoms with van der Waals surface area (Å²) in [5, 5.41) is 13.1. The van der Waals surface area contributed by atoms with Gasteiger partial charge in [0.05, 0.1) is 16.9 Å². The molecule has 298 valence electrons. The molecule has 6 heterocycles. The van der Waals surface area contributed by atoms with E-state index in [1.807, 2.05) is 63.5 Å². The Labute approximate surface area is 333 Å². The summed E-state index contributed by atoms with van der Waals surface area (Å²) < 4.78 is 28.2. The van der Waals surface area contributed by atoms with Gasteiger partial charge >= 0.3 is 0 Å². The number of hydrogen-bond acceptors (Lipinski definition) is 12. The van der Waals surface area contributed by atoms with Crippen molar-refractivity contribution in [1.82, 2.24) is 50.2 Å². The zero-order valence-corrected chi connectivity index (χ0v) is 32.4. The first-order valence-electron chi connectivity index (χ1n) is 19.2. The lowest BCUT2D eigenvalue weighted by atomic mass is 9.97. The lowest BCUT2D eigenvalue weighted by molar-refractivity contribution is -0.138. The number of halogens is 1. The smallest absolute Gasteiger partial charge is 0.292 e. The summed E-state index contributed by atoms with van der Waals surface area (Å²) in [6.07, 6.45) is 5.21. The molecule has 2 aliphatic heterocycles. The summed E-state index contributed by atoms with van der Waals surface area (Å²) in [5.41, 5.74) is 5.56. The second-order valence-corrected chi connectivity index (χ2v) is 15.6. The van der Waals surface area contributed by atoms with Crippen LogP contribution in [0.15, 0.2) is 83.9 Å². The van der Waals surface area contributed by atoms with Gasteiger partial charge in [0, 0.05) is 93.2 Å². The van der Waals surface area contributed by atoms with E-state index in [0.717, 1.165) is 61.7 Å². The number of hydrogen-bond donors (Lipinski definition) is 2. The molecule has 8 rings (SSSR count). The number of rotatable bonds is 11. The van der Waals surface area contributed by atoms with Gasteiger partial charge in [0.15, 0.2) is 6.10 Å². The van der Waals surface area contributed by atoms with Crippen LogP contribution in [0, 0.1) is 5.82 Å². The Morgan fingerprint density at radius 2 is 1.76 bits per heavy atom. The number of pyridine rings is 1. The average molecular weight is 787 g/mol. The predicted octanol–water partition coefficient (Wildman–Crippen LogP) is 4.71. The maximum absolute atomic E-state index is 15.3. The number of piperidine rings is 1. The lowest BCUT2D eigenvalue weighted by Crippen LogP contribution is -2.46. The molecule has 0 spiro atoms. The van der Waals surface area contributed by atoms with Crippen LogP contribution in [-0.2, 0) is 34.6 Å². The Morgan fingerprint density at radius 3 is 2.47 bits per heavy atom.